The molecule has 17 heavy (non-hydrogen) atoms. The molecule has 1 atom stereocenters. The van der Waals surface area contributed by atoms with Gasteiger partial charge in [-0.05, 0) is 6.92 Å². The molecule has 0 amide bonds. The maximum Gasteiger partial charge on any atom is 0.226 e. The molecule has 1 aromatic rings. The summed E-state index contributed by atoms with van der Waals surface area (Å²) in [6, 6.07) is 1.66. The van der Waals surface area contributed by atoms with Gasteiger partial charge < -0.3 is 19.9 Å². The van der Waals surface area contributed by atoms with Gasteiger partial charge in [-0.25, -0.2) is 4.98 Å². The van der Waals surface area contributed by atoms with Gasteiger partial charge in [-0.2, -0.15) is 4.98 Å². The van der Waals surface area contributed by atoms with Crippen molar-refractivity contribution in [1.82, 2.24) is 9.97 Å². The molecular weight excluding hydrogens is 222 g/mol. The minimum absolute atomic E-state index is 0.351. The number of nitrogens with one attached hydrogen (secondary N) is 1. The highest BCUT2D eigenvalue weighted by Gasteiger charge is 2.20. The number of aromatic nitrogens is 2. The van der Waals surface area contributed by atoms with Crippen LogP contribution in [0.5, 0.6) is 5.88 Å². The van der Waals surface area contributed by atoms with Crippen LogP contribution in [0.25, 0.3) is 0 Å². The second-order valence-electron chi connectivity index (χ2n) is 4.02. The lowest BCUT2D eigenvalue weighted by atomic mass is 10.0. The molecule has 0 saturated carbocycles. The third kappa shape index (κ3) is 4.97. The van der Waals surface area contributed by atoms with E-state index in [0.717, 1.165) is 0 Å². The second-order valence-corrected chi connectivity index (χ2v) is 4.02. The maximum atomic E-state index is 10.0. The monoisotopic (exact) mass is 241 g/mol. The summed E-state index contributed by atoms with van der Waals surface area (Å²) in [6.45, 7) is 2.59. The Hall–Kier alpha value is -1.40. The molecule has 0 saturated heterocycles. The SMILES string of the molecule is COCCC(C)(O)CNc1nccc(OC)n1. The first-order valence-corrected chi connectivity index (χ1v) is 5.39. The molecule has 0 aliphatic rings. The molecule has 1 heterocycles. The van der Waals surface area contributed by atoms with Gasteiger partial charge in [0.15, 0.2) is 0 Å². The van der Waals surface area contributed by atoms with Crippen molar-refractivity contribution in [1.29, 1.82) is 0 Å². The number of anilines is 1. The minimum atomic E-state index is -0.859. The predicted molar refractivity (Wildman–Crippen MR) is 64.2 cm³/mol. The van der Waals surface area contributed by atoms with E-state index in [-0.39, 0.29) is 0 Å². The first-order valence-electron chi connectivity index (χ1n) is 5.39. The Morgan fingerprint density at radius 2 is 2.24 bits per heavy atom. The lowest BCUT2D eigenvalue weighted by Gasteiger charge is -2.23. The quantitative estimate of drug-likeness (QED) is 0.731. The number of methoxy groups -OCH3 is 2. The van der Waals surface area contributed by atoms with Crippen molar-refractivity contribution in [3.63, 3.8) is 0 Å². The fourth-order valence-electron chi connectivity index (χ4n) is 1.22. The lowest BCUT2D eigenvalue weighted by Crippen LogP contribution is -2.35. The molecule has 1 aromatic heterocycles. The molecule has 0 aromatic carbocycles. The van der Waals surface area contributed by atoms with Crippen LogP contribution in [0.1, 0.15) is 13.3 Å². The zero-order valence-electron chi connectivity index (χ0n) is 10.4. The molecule has 0 radical (unpaired) electrons. The molecule has 96 valence electrons. The Morgan fingerprint density at radius 1 is 1.47 bits per heavy atom. The van der Waals surface area contributed by atoms with Crippen molar-refractivity contribution >= 4 is 5.95 Å². The molecule has 0 bridgehead atoms. The Balaban J connectivity index is 2.48. The summed E-state index contributed by atoms with van der Waals surface area (Å²) in [5.74, 6) is 0.918. The van der Waals surface area contributed by atoms with Crippen LogP contribution in [0.2, 0.25) is 0 Å². The second kappa shape index (κ2) is 6.36. The van der Waals surface area contributed by atoms with Crippen molar-refractivity contribution in [2.75, 3.05) is 32.7 Å². The summed E-state index contributed by atoms with van der Waals surface area (Å²) in [6.07, 6.45) is 2.14. The van der Waals surface area contributed by atoms with Crippen molar-refractivity contribution < 1.29 is 14.6 Å². The Bertz CT molecular complexity index is 344. The van der Waals surface area contributed by atoms with E-state index >= 15 is 0 Å². The summed E-state index contributed by atoms with van der Waals surface area (Å²) in [5, 5.41) is 13.0. The highest BCUT2D eigenvalue weighted by Crippen LogP contribution is 2.12. The topological polar surface area (TPSA) is 76.5 Å². The summed E-state index contributed by atoms with van der Waals surface area (Å²) >= 11 is 0. The van der Waals surface area contributed by atoms with Gasteiger partial charge in [0.2, 0.25) is 11.8 Å². The highest BCUT2D eigenvalue weighted by molar-refractivity contribution is 5.27. The van der Waals surface area contributed by atoms with Crippen molar-refractivity contribution in [3.8, 4) is 5.88 Å². The average Bonchev–Trinajstić information content (AvgIpc) is 2.34. The molecule has 2 N–H and O–H groups in total. The van der Waals surface area contributed by atoms with E-state index in [0.29, 0.717) is 31.4 Å². The van der Waals surface area contributed by atoms with Crippen LogP contribution in [0, 0.1) is 0 Å². The summed E-state index contributed by atoms with van der Waals surface area (Å²) < 4.78 is 9.91. The smallest absolute Gasteiger partial charge is 0.226 e. The van der Waals surface area contributed by atoms with E-state index in [1.54, 1.807) is 33.4 Å². The number of nitrogens with zero attached hydrogens (tertiary/aromatic N) is 2. The van der Waals surface area contributed by atoms with Crippen LogP contribution < -0.4 is 10.1 Å². The first kappa shape index (κ1) is 13.7. The summed E-state index contributed by atoms with van der Waals surface area (Å²) in [5.41, 5.74) is -0.859. The Morgan fingerprint density at radius 3 is 2.88 bits per heavy atom. The number of rotatable bonds is 7. The van der Waals surface area contributed by atoms with Gasteiger partial charge in [-0.1, -0.05) is 0 Å². The summed E-state index contributed by atoms with van der Waals surface area (Å²) in [7, 11) is 3.15. The van der Waals surface area contributed by atoms with Gasteiger partial charge in [-0.3, -0.25) is 0 Å². The lowest BCUT2D eigenvalue weighted by molar-refractivity contribution is 0.0356. The molecule has 6 heteroatoms. The van der Waals surface area contributed by atoms with Gasteiger partial charge in [-0.15, -0.1) is 0 Å². The van der Waals surface area contributed by atoms with Gasteiger partial charge in [0, 0.05) is 38.9 Å². The number of hydrogen-bond donors (Lipinski definition) is 2. The number of hydrogen-bond acceptors (Lipinski definition) is 6. The number of ether oxygens (including phenoxy) is 2. The molecule has 0 spiro atoms. The standard InChI is InChI=1S/C11H19N3O3/c1-11(15,5-7-16-2)8-13-10-12-6-4-9(14-10)17-3/h4,6,15H,5,7-8H2,1-3H3,(H,12,13,14). The highest BCUT2D eigenvalue weighted by atomic mass is 16.5. The molecule has 1 rings (SSSR count). The van der Waals surface area contributed by atoms with Crippen molar-refractivity contribution in [2.24, 2.45) is 0 Å². The third-order valence-corrected chi connectivity index (χ3v) is 2.31. The molecule has 0 aliphatic heterocycles. The van der Waals surface area contributed by atoms with E-state index < -0.39 is 5.60 Å². The van der Waals surface area contributed by atoms with E-state index in [2.05, 4.69) is 15.3 Å². The van der Waals surface area contributed by atoms with E-state index in [4.69, 9.17) is 9.47 Å². The van der Waals surface area contributed by atoms with Crippen LogP contribution in [0.4, 0.5) is 5.95 Å². The van der Waals surface area contributed by atoms with Crippen LogP contribution in [-0.4, -0.2) is 48.0 Å². The van der Waals surface area contributed by atoms with Crippen LogP contribution in [0.15, 0.2) is 12.3 Å². The largest absolute Gasteiger partial charge is 0.481 e. The van der Waals surface area contributed by atoms with E-state index in [1.165, 1.54) is 0 Å². The van der Waals surface area contributed by atoms with Gasteiger partial charge in [0.25, 0.3) is 0 Å². The predicted octanol–water partition coefficient (Wildman–Crippen LogP) is 0.685. The van der Waals surface area contributed by atoms with Gasteiger partial charge in [0.1, 0.15) is 0 Å². The molecular formula is C11H19N3O3. The van der Waals surface area contributed by atoms with Crippen LogP contribution in [-0.2, 0) is 4.74 Å². The van der Waals surface area contributed by atoms with Crippen LogP contribution in [0.3, 0.4) is 0 Å². The van der Waals surface area contributed by atoms with Crippen LogP contribution >= 0.6 is 0 Å². The van der Waals surface area contributed by atoms with Crippen molar-refractivity contribution in [3.05, 3.63) is 12.3 Å². The Labute approximate surface area is 101 Å². The van der Waals surface area contributed by atoms with E-state index in [1.807, 2.05) is 0 Å². The molecule has 1 unspecified atom stereocenters. The van der Waals surface area contributed by atoms with Crippen molar-refractivity contribution in [2.45, 2.75) is 18.9 Å². The fraction of sp³-hybridized carbons (Fsp3) is 0.636. The Kier molecular flexibility index (Phi) is 5.11. The minimum Gasteiger partial charge on any atom is -0.481 e. The maximum absolute atomic E-state index is 10.0. The fourth-order valence-corrected chi connectivity index (χ4v) is 1.22. The summed E-state index contributed by atoms with van der Waals surface area (Å²) in [4.78, 5) is 8.11. The molecule has 0 aliphatic carbocycles. The van der Waals surface area contributed by atoms with Gasteiger partial charge >= 0.3 is 0 Å². The molecule has 6 nitrogen and oxygen atoms in total. The number of aliphatic hydroxyl groups is 1. The average molecular weight is 241 g/mol. The first-order chi connectivity index (χ1) is 8.07. The van der Waals surface area contributed by atoms with Gasteiger partial charge in [0.05, 0.1) is 12.7 Å². The zero-order valence-corrected chi connectivity index (χ0v) is 10.4. The third-order valence-electron chi connectivity index (χ3n) is 2.31. The molecule has 0 fully saturated rings. The normalized spacial score (nSPS) is 14.1. The van der Waals surface area contributed by atoms with E-state index in [9.17, 15) is 5.11 Å². The zero-order chi connectivity index (χ0) is 12.7.